The number of aromatic nitrogens is 1. The van der Waals surface area contributed by atoms with Crippen LogP contribution in [-0.2, 0) is 5.21 Å². The maximum atomic E-state index is 11.6. The van der Waals surface area contributed by atoms with E-state index in [1.165, 1.54) is 25.3 Å². The second-order valence-electron chi connectivity index (χ2n) is 4.43. The van der Waals surface area contributed by atoms with Crippen LogP contribution in [0.2, 0.25) is 0 Å². The zero-order valence-corrected chi connectivity index (χ0v) is 9.03. The van der Waals surface area contributed by atoms with Gasteiger partial charge in [0.15, 0.2) is 0 Å². The Kier molecular flexibility index (Phi) is 2.80. The van der Waals surface area contributed by atoms with E-state index in [9.17, 15) is 10.0 Å². The predicted molar refractivity (Wildman–Crippen MR) is 57.3 cm³/mol. The van der Waals surface area contributed by atoms with Crippen LogP contribution in [-0.4, -0.2) is 4.73 Å². The van der Waals surface area contributed by atoms with Crippen LogP contribution in [0.25, 0.3) is 0 Å². The molecule has 1 aliphatic rings. The van der Waals surface area contributed by atoms with Gasteiger partial charge in [0.1, 0.15) is 0 Å². The number of hydrogen-bond donors (Lipinski definition) is 0. The molecule has 2 rings (SSSR count). The fourth-order valence-corrected chi connectivity index (χ4v) is 2.40. The number of aryl methyl sites for hydroxylation is 1. The van der Waals surface area contributed by atoms with Crippen LogP contribution < -0.4 is 5.56 Å². The molecule has 0 saturated heterocycles. The Bertz CT molecular complexity index is 403. The molecule has 1 radical (unpaired) electrons. The molecule has 1 aliphatic carbocycles. The molecule has 0 spiro atoms. The first-order valence-corrected chi connectivity index (χ1v) is 5.59. The van der Waals surface area contributed by atoms with E-state index in [0.717, 1.165) is 18.4 Å². The first-order valence-electron chi connectivity index (χ1n) is 5.59. The largest absolute Gasteiger partial charge is 0.287 e. The highest BCUT2D eigenvalue weighted by molar-refractivity contribution is 5.19. The van der Waals surface area contributed by atoms with Crippen molar-refractivity contribution in [2.75, 3.05) is 0 Å². The first kappa shape index (κ1) is 10.3. The molecule has 0 aromatic carbocycles. The Morgan fingerprint density at radius 2 is 1.87 bits per heavy atom. The summed E-state index contributed by atoms with van der Waals surface area (Å²) in [6.07, 6.45) is 5.70. The minimum atomic E-state index is -0.421. The Morgan fingerprint density at radius 1 is 1.20 bits per heavy atom. The summed E-state index contributed by atoms with van der Waals surface area (Å²) in [6, 6.07) is 3.27. The lowest BCUT2D eigenvalue weighted by Gasteiger charge is -2.22. The average molecular weight is 206 g/mol. The molecule has 1 saturated carbocycles. The van der Waals surface area contributed by atoms with Crippen molar-refractivity contribution in [3.8, 4) is 0 Å². The molecule has 0 amide bonds. The quantitative estimate of drug-likeness (QED) is 0.695. The molecule has 0 bridgehead atoms. The van der Waals surface area contributed by atoms with Crippen molar-refractivity contribution in [3.63, 3.8) is 0 Å². The zero-order chi connectivity index (χ0) is 10.8. The Hall–Kier alpha value is -1.25. The van der Waals surface area contributed by atoms with Crippen molar-refractivity contribution in [1.82, 2.24) is 4.73 Å². The lowest BCUT2D eigenvalue weighted by Crippen LogP contribution is -2.22. The van der Waals surface area contributed by atoms with Crippen LogP contribution in [0, 0.1) is 6.92 Å². The Morgan fingerprint density at radius 3 is 2.53 bits per heavy atom. The van der Waals surface area contributed by atoms with Gasteiger partial charge in [0, 0.05) is 12.0 Å². The summed E-state index contributed by atoms with van der Waals surface area (Å²) in [5, 5.41) is 11.6. The highest BCUT2D eigenvalue weighted by Gasteiger charge is 2.20. The van der Waals surface area contributed by atoms with Crippen LogP contribution >= 0.6 is 0 Å². The lowest BCUT2D eigenvalue weighted by molar-refractivity contribution is 0.0686. The van der Waals surface area contributed by atoms with E-state index < -0.39 is 5.56 Å². The number of rotatable bonds is 1. The fraction of sp³-hybridized carbons (Fsp3) is 0.583. The second kappa shape index (κ2) is 4.09. The van der Waals surface area contributed by atoms with Gasteiger partial charge in [-0.2, -0.15) is 5.21 Å². The molecular weight excluding hydrogens is 190 g/mol. The van der Waals surface area contributed by atoms with Gasteiger partial charge in [0.2, 0.25) is 0 Å². The van der Waals surface area contributed by atoms with E-state index in [1.54, 1.807) is 0 Å². The van der Waals surface area contributed by atoms with Crippen LogP contribution in [0.1, 0.15) is 49.3 Å². The monoisotopic (exact) mass is 206 g/mol. The van der Waals surface area contributed by atoms with Crippen molar-refractivity contribution < 1.29 is 5.21 Å². The minimum absolute atomic E-state index is 0.295. The molecule has 0 atom stereocenters. The van der Waals surface area contributed by atoms with E-state index in [2.05, 4.69) is 0 Å². The molecule has 3 heteroatoms. The first-order chi connectivity index (χ1) is 7.18. The normalized spacial score (nSPS) is 17.9. The third-order valence-electron chi connectivity index (χ3n) is 3.18. The van der Waals surface area contributed by atoms with Gasteiger partial charge in [-0.25, -0.2) is 0 Å². The van der Waals surface area contributed by atoms with E-state index in [1.807, 2.05) is 13.0 Å². The van der Waals surface area contributed by atoms with Gasteiger partial charge in [-0.3, -0.25) is 4.79 Å². The third-order valence-corrected chi connectivity index (χ3v) is 3.18. The van der Waals surface area contributed by atoms with Crippen molar-refractivity contribution in [2.24, 2.45) is 0 Å². The van der Waals surface area contributed by atoms with Crippen LogP contribution in [0.3, 0.4) is 0 Å². The SMILES string of the molecule is Cc1cc(C2CCCCC2)n([O])c(=O)c1. The molecule has 1 aromatic rings. The Balaban J connectivity index is 2.37. The maximum absolute atomic E-state index is 11.6. The van der Waals surface area contributed by atoms with Gasteiger partial charge in [0.25, 0.3) is 5.56 Å². The van der Waals surface area contributed by atoms with Crippen molar-refractivity contribution in [3.05, 3.63) is 33.7 Å². The van der Waals surface area contributed by atoms with E-state index in [4.69, 9.17) is 0 Å². The molecule has 1 aromatic heterocycles. The highest BCUT2D eigenvalue weighted by Crippen LogP contribution is 2.31. The van der Waals surface area contributed by atoms with Crippen LogP contribution in [0.4, 0.5) is 0 Å². The minimum Gasteiger partial charge on any atom is -0.266 e. The number of hydrogen-bond acceptors (Lipinski definition) is 1. The number of pyridine rings is 1. The molecule has 0 aliphatic heterocycles. The summed E-state index contributed by atoms with van der Waals surface area (Å²) in [5.74, 6) is 0.295. The fourth-order valence-electron chi connectivity index (χ4n) is 2.40. The van der Waals surface area contributed by atoms with Crippen LogP contribution in [0.15, 0.2) is 16.9 Å². The van der Waals surface area contributed by atoms with Gasteiger partial charge in [-0.1, -0.05) is 24.0 Å². The van der Waals surface area contributed by atoms with Gasteiger partial charge in [0.05, 0.1) is 5.69 Å². The highest BCUT2D eigenvalue weighted by atomic mass is 16.5. The van der Waals surface area contributed by atoms with E-state index in [0.29, 0.717) is 16.3 Å². The van der Waals surface area contributed by atoms with Gasteiger partial charge >= 0.3 is 0 Å². The standard InChI is InChI=1S/C12H16NO2/c1-9-7-11(13(15)12(14)8-9)10-5-3-2-4-6-10/h7-8,10H,2-6H2,1H3. The predicted octanol–water partition coefficient (Wildman–Crippen LogP) is 2.40. The summed E-state index contributed by atoms with van der Waals surface area (Å²) in [5.41, 5.74) is 1.16. The second-order valence-corrected chi connectivity index (χ2v) is 4.43. The van der Waals surface area contributed by atoms with Gasteiger partial charge in [-0.05, 0) is 31.4 Å². The van der Waals surface area contributed by atoms with Crippen LogP contribution in [0.5, 0.6) is 0 Å². The topological polar surface area (TPSA) is 41.9 Å². The summed E-state index contributed by atoms with van der Waals surface area (Å²) >= 11 is 0. The molecule has 81 valence electrons. The van der Waals surface area contributed by atoms with E-state index in [-0.39, 0.29) is 0 Å². The Labute approximate surface area is 89.3 Å². The summed E-state index contributed by atoms with van der Waals surface area (Å²) in [7, 11) is 0. The zero-order valence-electron chi connectivity index (χ0n) is 9.03. The lowest BCUT2D eigenvalue weighted by atomic mass is 9.86. The van der Waals surface area contributed by atoms with Crippen molar-refractivity contribution >= 4 is 0 Å². The summed E-state index contributed by atoms with van der Waals surface area (Å²) < 4.78 is 0.572. The molecule has 0 N–H and O–H groups in total. The summed E-state index contributed by atoms with van der Waals surface area (Å²) in [6.45, 7) is 1.87. The van der Waals surface area contributed by atoms with Gasteiger partial charge in [-0.15, -0.1) is 0 Å². The molecule has 15 heavy (non-hydrogen) atoms. The van der Waals surface area contributed by atoms with Crippen molar-refractivity contribution in [2.45, 2.75) is 44.9 Å². The maximum Gasteiger partial charge on any atom is 0.287 e. The van der Waals surface area contributed by atoms with Gasteiger partial charge < -0.3 is 0 Å². The molecular formula is C12H16NO2. The van der Waals surface area contributed by atoms with Crippen molar-refractivity contribution in [1.29, 1.82) is 0 Å². The smallest absolute Gasteiger partial charge is 0.266 e. The van der Waals surface area contributed by atoms with E-state index >= 15 is 0 Å². The molecule has 3 nitrogen and oxygen atoms in total. The average Bonchev–Trinajstić information content (AvgIpc) is 2.24. The molecule has 1 heterocycles. The summed E-state index contributed by atoms with van der Waals surface area (Å²) in [4.78, 5) is 11.4. The molecule has 1 fully saturated rings. The molecule has 0 unspecified atom stereocenters. The third kappa shape index (κ3) is 2.06. The number of nitrogens with zero attached hydrogens (tertiary/aromatic N) is 1.